The molecule has 2 aliphatic heterocycles. The molecule has 0 aromatic rings. The van der Waals surface area contributed by atoms with Crippen molar-refractivity contribution in [2.24, 2.45) is 0 Å². The van der Waals surface area contributed by atoms with E-state index < -0.39 is 5.60 Å². The van der Waals surface area contributed by atoms with E-state index in [1.54, 1.807) is 0 Å². The van der Waals surface area contributed by atoms with Gasteiger partial charge in [0, 0.05) is 27.1 Å². The Balaban J connectivity index is 0.00000162. The lowest BCUT2D eigenvalue weighted by Crippen LogP contribution is -2.52. The molecule has 2 saturated heterocycles. The fourth-order valence-corrected chi connectivity index (χ4v) is 3.15. The van der Waals surface area contributed by atoms with Crippen LogP contribution in [0.15, 0.2) is 0 Å². The molecule has 2 fully saturated rings. The van der Waals surface area contributed by atoms with Gasteiger partial charge >= 0.3 is 0 Å². The minimum Gasteiger partial charge on any atom is -0.388 e. The Kier molecular flexibility index (Phi) is 4.45. The molecule has 0 spiro atoms. The Morgan fingerprint density at radius 2 is 1.76 bits per heavy atom. The summed E-state index contributed by atoms with van der Waals surface area (Å²) in [6, 6.07) is 0.673. The maximum Gasteiger partial charge on any atom is 0.0798 e. The largest absolute Gasteiger partial charge is 0.388 e. The molecule has 1 atom stereocenters. The van der Waals surface area contributed by atoms with Crippen molar-refractivity contribution in [1.29, 1.82) is 0 Å². The lowest BCUT2D eigenvalue weighted by atomic mass is 9.90. The molecule has 0 amide bonds. The SMILES string of the molecule is CCC(C)N1CCC(O)(CN2CCCC2)CC1.[HH]. The van der Waals surface area contributed by atoms with E-state index in [-0.39, 0.29) is 1.43 Å². The number of likely N-dealkylation sites (tertiary alicyclic amines) is 2. The molecule has 0 aliphatic carbocycles. The van der Waals surface area contributed by atoms with Gasteiger partial charge in [-0.25, -0.2) is 0 Å². The van der Waals surface area contributed by atoms with Crippen LogP contribution in [-0.2, 0) is 0 Å². The van der Waals surface area contributed by atoms with Crippen molar-refractivity contribution in [3.63, 3.8) is 0 Å². The number of aliphatic hydroxyl groups is 1. The van der Waals surface area contributed by atoms with Gasteiger partial charge in [0.2, 0.25) is 0 Å². The second-order valence-corrected chi connectivity index (χ2v) is 6.00. The second kappa shape index (κ2) is 5.68. The van der Waals surface area contributed by atoms with Gasteiger partial charge < -0.3 is 14.9 Å². The van der Waals surface area contributed by atoms with Crippen LogP contribution in [0.5, 0.6) is 0 Å². The fraction of sp³-hybridized carbons (Fsp3) is 1.00. The Morgan fingerprint density at radius 1 is 1.18 bits per heavy atom. The van der Waals surface area contributed by atoms with Crippen LogP contribution < -0.4 is 0 Å². The van der Waals surface area contributed by atoms with E-state index in [0.717, 1.165) is 32.5 Å². The third-order valence-corrected chi connectivity index (χ3v) is 4.66. The fourth-order valence-electron chi connectivity index (χ4n) is 3.15. The summed E-state index contributed by atoms with van der Waals surface area (Å²) < 4.78 is 0. The van der Waals surface area contributed by atoms with Gasteiger partial charge in [0.25, 0.3) is 0 Å². The van der Waals surface area contributed by atoms with Crippen molar-refractivity contribution in [3.05, 3.63) is 0 Å². The van der Waals surface area contributed by atoms with Gasteiger partial charge in [-0.3, -0.25) is 0 Å². The molecule has 17 heavy (non-hydrogen) atoms. The molecule has 0 saturated carbocycles. The summed E-state index contributed by atoms with van der Waals surface area (Å²) in [6.45, 7) is 9.97. The monoisotopic (exact) mass is 242 g/mol. The van der Waals surface area contributed by atoms with Crippen LogP contribution in [0.4, 0.5) is 0 Å². The number of hydrogen-bond acceptors (Lipinski definition) is 3. The molecule has 0 bridgehead atoms. The van der Waals surface area contributed by atoms with Gasteiger partial charge in [0.1, 0.15) is 0 Å². The van der Waals surface area contributed by atoms with Crippen LogP contribution in [0.3, 0.4) is 0 Å². The predicted octanol–water partition coefficient (Wildman–Crippen LogP) is 1.95. The third kappa shape index (κ3) is 3.43. The lowest BCUT2D eigenvalue weighted by molar-refractivity contribution is -0.0482. The molecule has 2 rings (SSSR count). The normalized spacial score (nSPS) is 28.4. The molecule has 0 radical (unpaired) electrons. The number of β-amino-alcohol motifs (C(OH)–C–C–N with tert-alkyl or cyclic N) is 1. The van der Waals surface area contributed by atoms with Crippen LogP contribution in [0.1, 0.15) is 47.4 Å². The zero-order valence-corrected chi connectivity index (χ0v) is 11.5. The molecule has 0 aromatic carbocycles. The average Bonchev–Trinajstić information content (AvgIpc) is 2.81. The molecule has 1 unspecified atom stereocenters. The first-order chi connectivity index (χ1) is 8.13. The Labute approximate surface area is 107 Å². The molecule has 102 valence electrons. The molecule has 3 nitrogen and oxygen atoms in total. The van der Waals surface area contributed by atoms with Gasteiger partial charge in [-0.05, 0) is 52.1 Å². The summed E-state index contributed by atoms with van der Waals surface area (Å²) in [5.41, 5.74) is -0.408. The summed E-state index contributed by atoms with van der Waals surface area (Å²) >= 11 is 0. The Hall–Kier alpha value is -0.120. The van der Waals surface area contributed by atoms with Crippen molar-refractivity contribution in [2.45, 2.75) is 57.6 Å². The van der Waals surface area contributed by atoms with Gasteiger partial charge in [0.05, 0.1) is 5.60 Å². The van der Waals surface area contributed by atoms with E-state index in [0.29, 0.717) is 6.04 Å². The van der Waals surface area contributed by atoms with Crippen molar-refractivity contribution in [3.8, 4) is 0 Å². The standard InChI is InChI=1S/C14H28N2O.H2/c1-3-13(2)16-10-6-14(17,7-11-16)12-15-8-4-5-9-15;/h13,17H,3-12H2,1-2H3;1H. The smallest absolute Gasteiger partial charge is 0.0798 e. The Morgan fingerprint density at radius 3 is 2.29 bits per heavy atom. The molecule has 0 aromatic heterocycles. The van der Waals surface area contributed by atoms with E-state index in [1.165, 1.54) is 32.4 Å². The second-order valence-electron chi connectivity index (χ2n) is 6.00. The molecular weight excluding hydrogens is 212 g/mol. The summed E-state index contributed by atoms with van der Waals surface area (Å²) in [7, 11) is 0. The summed E-state index contributed by atoms with van der Waals surface area (Å²) in [5, 5.41) is 10.6. The third-order valence-electron chi connectivity index (χ3n) is 4.66. The molecule has 3 heteroatoms. The van der Waals surface area contributed by atoms with Crippen LogP contribution in [-0.4, -0.2) is 59.3 Å². The van der Waals surface area contributed by atoms with Crippen LogP contribution in [0.2, 0.25) is 0 Å². The minimum absolute atomic E-state index is 0. The first-order valence-electron chi connectivity index (χ1n) is 7.32. The highest BCUT2D eigenvalue weighted by Gasteiger charge is 2.35. The number of piperidine rings is 1. The van der Waals surface area contributed by atoms with Crippen LogP contribution in [0, 0.1) is 0 Å². The number of nitrogens with zero attached hydrogens (tertiary/aromatic N) is 2. The zero-order valence-electron chi connectivity index (χ0n) is 11.5. The maximum absolute atomic E-state index is 10.6. The Bertz CT molecular complexity index is 236. The number of rotatable bonds is 4. The maximum atomic E-state index is 10.6. The zero-order chi connectivity index (χ0) is 12.3. The van der Waals surface area contributed by atoms with E-state index in [9.17, 15) is 5.11 Å². The highest BCUT2D eigenvalue weighted by atomic mass is 16.3. The quantitative estimate of drug-likeness (QED) is 0.816. The molecular formula is C14H30N2O. The first kappa shape index (κ1) is 13.3. The van der Waals surface area contributed by atoms with E-state index in [4.69, 9.17) is 0 Å². The van der Waals surface area contributed by atoms with Crippen molar-refractivity contribution in [1.82, 2.24) is 9.80 Å². The van der Waals surface area contributed by atoms with Crippen molar-refractivity contribution in [2.75, 3.05) is 32.7 Å². The molecule has 2 heterocycles. The van der Waals surface area contributed by atoms with Crippen molar-refractivity contribution >= 4 is 0 Å². The predicted molar refractivity (Wildman–Crippen MR) is 73.3 cm³/mol. The van der Waals surface area contributed by atoms with Crippen molar-refractivity contribution < 1.29 is 6.53 Å². The van der Waals surface area contributed by atoms with Crippen LogP contribution in [0.25, 0.3) is 0 Å². The highest BCUT2D eigenvalue weighted by Crippen LogP contribution is 2.26. The van der Waals surface area contributed by atoms with E-state index in [1.807, 2.05) is 0 Å². The van der Waals surface area contributed by atoms with Gasteiger partial charge in [0.15, 0.2) is 0 Å². The molecule has 2 aliphatic rings. The molecule has 1 N–H and O–H groups in total. The van der Waals surface area contributed by atoms with E-state index >= 15 is 0 Å². The van der Waals surface area contributed by atoms with Crippen LogP contribution >= 0.6 is 0 Å². The van der Waals surface area contributed by atoms with E-state index in [2.05, 4.69) is 23.6 Å². The first-order valence-corrected chi connectivity index (χ1v) is 7.32. The van der Waals surface area contributed by atoms with Gasteiger partial charge in [-0.2, -0.15) is 0 Å². The summed E-state index contributed by atoms with van der Waals surface area (Å²) in [5.74, 6) is 0. The summed E-state index contributed by atoms with van der Waals surface area (Å²) in [4.78, 5) is 4.97. The topological polar surface area (TPSA) is 26.7 Å². The average molecular weight is 242 g/mol. The van der Waals surface area contributed by atoms with Gasteiger partial charge in [-0.15, -0.1) is 0 Å². The highest BCUT2D eigenvalue weighted by molar-refractivity contribution is 4.90. The summed E-state index contributed by atoms with van der Waals surface area (Å²) in [6.07, 6.45) is 5.75. The minimum atomic E-state index is -0.408. The number of hydrogen-bond donors (Lipinski definition) is 1. The van der Waals surface area contributed by atoms with Gasteiger partial charge in [-0.1, -0.05) is 6.92 Å². The lowest BCUT2D eigenvalue weighted by Gasteiger charge is -2.42.